The Morgan fingerprint density at radius 1 is 1.30 bits per heavy atom. The lowest BCUT2D eigenvalue weighted by atomic mass is 10.1. The van der Waals surface area contributed by atoms with Gasteiger partial charge in [0.05, 0.1) is 31.6 Å². The van der Waals surface area contributed by atoms with E-state index >= 15 is 0 Å². The van der Waals surface area contributed by atoms with Crippen LogP contribution in [-0.4, -0.2) is 58.5 Å². The van der Waals surface area contributed by atoms with Gasteiger partial charge in [0.1, 0.15) is 11.6 Å². The Morgan fingerprint density at radius 2 is 2.15 bits per heavy atom. The number of piperidine rings is 1. The van der Waals surface area contributed by atoms with Gasteiger partial charge in [-0.2, -0.15) is 0 Å². The predicted octanol–water partition coefficient (Wildman–Crippen LogP) is 2.45. The lowest BCUT2D eigenvalue weighted by molar-refractivity contribution is -0.133. The summed E-state index contributed by atoms with van der Waals surface area (Å²) in [7, 11) is 1.67. The number of rotatable bonds is 4. The number of benzene rings is 1. The Labute approximate surface area is 159 Å². The number of nitrogens with one attached hydrogen (secondary N) is 1. The van der Waals surface area contributed by atoms with Crippen LogP contribution < -0.4 is 4.74 Å². The zero-order valence-corrected chi connectivity index (χ0v) is 15.8. The monoisotopic (exact) mass is 366 g/mol. The lowest BCUT2D eigenvalue weighted by Crippen LogP contribution is -2.45. The highest BCUT2D eigenvalue weighted by atomic mass is 16.5. The van der Waals surface area contributed by atoms with Crippen LogP contribution in [0.4, 0.5) is 0 Å². The summed E-state index contributed by atoms with van der Waals surface area (Å²) in [5.74, 6) is 2.79. The van der Waals surface area contributed by atoms with Gasteiger partial charge in [-0.3, -0.25) is 9.69 Å². The molecule has 1 N–H and O–H groups in total. The van der Waals surface area contributed by atoms with Crippen LogP contribution in [0.25, 0.3) is 11.4 Å². The number of amides is 1. The van der Waals surface area contributed by atoms with E-state index in [1.165, 1.54) is 19.3 Å². The van der Waals surface area contributed by atoms with E-state index in [-0.39, 0.29) is 5.91 Å². The van der Waals surface area contributed by atoms with Gasteiger partial charge in [0.15, 0.2) is 0 Å². The number of carbonyl (C=O) groups is 1. The number of ether oxygens (including phenoxy) is 1. The van der Waals surface area contributed by atoms with E-state index in [4.69, 9.17) is 9.72 Å². The molecule has 1 aromatic carbocycles. The third-order valence-corrected chi connectivity index (χ3v) is 6.41. The van der Waals surface area contributed by atoms with Gasteiger partial charge in [-0.1, -0.05) is 0 Å². The zero-order chi connectivity index (χ0) is 18.4. The van der Waals surface area contributed by atoms with Crippen molar-refractivity contribution in [2.24, 2.45) is 5.92 Å². The Morgan fingerprint density at radius 3 is 2.85 bits per heavy atom. The molecule has 6 nitrogen and oxygen atoms in total. The highest BCUT2D eigenvalue weighted by Crippen LogP contribution is 2.37. The number of fused-ring (bicyclic) bond motifs is 3. The summed E-state index contributed by atoms with van der Waals surface area (Å²) in [5.41, 5.74) is 3.20. The van der Waals surface area contributed by atoms with Gasteiger partial charge in [-0.15, -0.1) is 0 Å². The van der Waals surface area contributed by atoms with E-state index in [9.17, 15) is 4.79 Å². The molecule has 3 aliphatic rings. The van der Waals surface area contributed by atoms with Gasteiger partial charge in [0.25, 0.3) is 0 Å². The van der Waals surface area contributed by atoms with Crippen LogP contribution in [-0.2, 0) is 17.8 Å². The zero-order valence-electron chi connectivity index (χ0n) is 15.8. The number of imidazole rings is 1. The number of aromatic nitrogens is 2. The van der Waals surface area contributed by atoms with Crippen LogP contribution in [0.5, 0.6) is 5.75 Å². The van der Waals surface area contributed by atoms with Crippen LogP contribution in [0.2, 0.25) is 0 Å². The third-order valence-electron chi connectivity index (χ3n) is 6.41. The number of carbonyl (C=O) groups excluding carboxylic acids is 1. The van der Waals surface area contributed by atoms with Gasteiger partial charge in [0, 0.05) is 31.1 Å². The molecule has 1 aliphatic carbocycles. The summed E-state index contributed by atoms with van der Waals surface area (Å²) in [6, 6.07) is 8.54. The molecular weight excluding hydrogens is 340 g/mol. The number of nitrogens with zero attached hydrogens (tertiary/aromatic N) is 3. The smallest absolute Gasteiger partial charge is 0.237 e. The van der Waals surface area contributed by atoms with Crippen LogP contribution in [0.3, 0.4) is 0 Å². The second kappa shape index (κ2) is 6.68. The maximum Gasteiger partial charge on any atom is 0.237 e. The molecule has 1 saturated heterocycles. The molecule has 6 heteroatoms. The van der Waals surface area contributed by atoms with Gasteiger partial charge >= 0.3 is 0 Å². The van der Waals surface area contributed by atoms with E-state index < -0.39 is 0 Å². The fraction of sp³-hybridized carbons (Fsp3) is 0.524. The van der Waals surface area contributed by atoms with Crippen LogP contribution in [0.15, 0.2) is 24.3 Å². The molecule has 2 bridgehead atoms. The molecule has 2 aromatic rings. The minimum Gasteiger partial charge on any atom is -0.497 e. The van der Waals surface area contributed by atoms with Crippen molar-refractivity contribution in [2.75, 3.05) is 26.7 Å². The van der Waals surface area contributed by atoms with E-state index in [0.717, 1.165) is 54.0 Å². The normalized spacial score (nSPS) is 24.3. The average Bonchev–Trinajstić information content (AvgIpc) is 3.42. The van der Waals surface area contributed by atoms with Gasteiger partial charge in [0.2, 0.25) is 5.91 Å². The molecular formula is C21H26N4O2. The first-order valence-electron chi connectivity index (χ1n) is 9.93. The minimum absolute atomic E-state index is 0.258. The van der Waals surface area contributed by atoms with E-state index in [1.807, 2.05) is 29.2 Å². The molecule has 27 heavy (non-hydrogen) atoms. The summed E-state index contributed by atoms with van der Waals surface area (Å²) < 4.78 is 5.22. The second-order valence-corrected chi connectivity index (χ2v) is 8.07. The van der Waals surface area contributed by atoms with Crippen molar-refractivity contribution in [3.63, 3.8) is 0 Å². The highest BCUT2D eigenvalue weighted by Gasteiger charge is 2.39. The van der Waals surface area contributed by atoms with Gasteiger partial charge < -0.3 is 14.6 Å². The molecule has 0 radical (unpaired) electrons. The summed E-state index contributed by atoms with van der Waals surface area (Å²) in [5, 5.41) is 0. The molecule has 1 aromatic heterocycles. The topological polar surface area (TPSA) is 61.5 Å². The molecule has 0 spiro atoms. The Bertz CT molecular complexity index is 844. The summed E-state index contributed by atoms with van der Waals surface area (Å²) in [6.07, 6.45) is 4.74. The number of hydrogen-bond acceptors (Lipinski definition) is 4. The number of aromatic amines is 1. The highest BCUT2D eigenvalue weighted by molar-refractivity contribution is 5.78. The van der Waals surface area contributed by atoms with Crippen molar-refractivity contribution in [1.29, 1.82) is 0 Å². The van der Waals surface area contributed by atoms with Crippen LogP contribution in [0, 0.1) is 5.92 Å². The van der Waals surface area contributed by atoms with Crippen molar-refractivity contribution in [1.82, 2.24) is 19.8 Å². The van der Waals surface area contributed by atoms with E-state index in [2.05, 4.69) is 9.88 Å². The van der Waals surface area contributed by atoms with Crippen molar-refractivity contribution in [3.05, 3.63) is 35.7 Å². The summed E-state index contributed by atoms with van der Waals surface area (Å²) >= 11 is 0. The minimum atomic E-state index is 0.258. The maximum atomic E-state index is 12.8. The Hall–Kier alpha value is -2.34. The molecule has 2 aliphatic heterocycles. The average molecular weight is 366 g/mol. The molecule has 2 fully saturated rings. The van der Waals surface area contributed by atoms with Gasteiger partial charge in [-0.25, -0.2) is 4.98 Å². The van der Waals surface area contributed by atoms with Crippen molar-refractivity contribution in [2.45, 2.75) is 38.3 Å². The second-order valence-electron chi connectivity index (χ2n) is 8.07. The number of hydrogen-bond donors (Lipinski definition) is 1. The van der Waals surface area contributed by atoms with E-state index in [0.29, 0.717) is 19.1 Å². The predicted molar refractivity (Wildman–Crippen MR) is 102 cm³/mol. The largest absolute Gasteiger partial charge is 0.497 e. The van der Waals surface area contributed by atoms with Crippen molar-refractivity contribution in [3.8, 4) is 17.1 Å². The number of H-pyrrole nitrogens is 1. The number of methoxy groups -OCH3 is 1. The quantitative estimate of drug-likeness (QED) is 0.903. The Balaban J connectivity index is 1.26. The van der Waals surface area contributed by atoms with Crippen LogP contribution >= 0.6 is 0 Å². The first kappa shape index (κ1) is 16.8. The van der Waals surface area contributed by atoms with Crippen LogP contribution in [0.1, 0.15) is 30.7 Å². The molecule has 3 heterocycles. The number of likely N-dealkylation sites (tertiary alicyclic amines) is 1. The first-order valence-corrected chi connectivity index (χ1v) is 9.93. The maximum absolute atomic E-state index is 12.8. The standard InChI is InChI=1S/C21H26N4O2/c1-27-17-6-3-15(4-7-17)21-22-18-8-9-24(12-19(18)23-21)20(26)13-25-11-14-2-5-16(25)10-14/h3-4,6-7,14,16H,2,5,8-13H2,1H3,(H,22,23)/t14-,16+/m1/s1. The van der Waals surface area contributed by atoms with Crippen molar-refractivity contribution < 1.29 is 9.53 Å². The molecule has 0 unspecified atom stereocenters. The summed E-state index contributed by atoms with van der Waals surface area (Å²) in [4.78, 5) is 25.4. The fourth-order valence-electron chi connectivity index (χ4n) is 4.89. The third kappa shape index (κ3) is 3.12. The SMILES string of the molecule is COc1ccc(-c2nc3c([nH]2)CN(C(=O)CN2C[C@@H]4CC[C@H]2C4)CC3)cc1. The molecule has 5 rings (SSSR count). The fourth-order valence-corrected chi connectivity index (χ4v) is 4.89. The molecule has 142 valence electrons. The first-order chi connectivity index (χ1) is 13.2. The summed E-state index contributed by atoms with van der Waals surface area (Å²) in [6.45, 7) is 3.09. The molecule has 1 saturated carbocycles. The van der Waals surface area contributed by atoms with Crippen molar-refractivity contribution >= 4 is 5.91 Å². The molecule has 1 amide bonds. The lowest BCUT2D eigenvalue weighted by Gasteiger charge is -2.31. The van der Waals surface area contributed by atoms with E-state index in [1.54, 1.807) is 7.11 Å². The Kier molecular flexibility index (Phi) is 4.16. The van der Waals surface area contributed by atoms with Gasteiger partial charge in [-0.05, 0) is 49.4 Å². The molecule has 2 atom stereocenters.